The molecule has 1 aromatic heterocycles. The molecule has 1 aromatic carbocycles. The fraction of sp³-hybridized carbons (Fsp3) is 0.462. The molecule has 0 spiro atoms. The maximum atomic E-state index is 11.8. The number of fused-ring (bicyclic) bond motifs is 1. The van der Waals surface area contributed by atoms with Gasteiger partial charge in [0.1, 0.15) is 0 Å². The van der Waals surface area contributed by atoms with E-state index in [2.05, 4.69) is 0 Å². The molecule has 0 fully saturated rings. The molecule has 2 rings (SSSR count). The predicted octanol–water partition coefficient (Wildman–Crippen LogP) is 1.16. The summed E-state index contributed by atoms with van der Waals surface area (Å²) < 4.78 is 3.33. The van der Waals surface area contributed by atoms with Gasteiger partial charge < -0.3 is 5.73 Å². The summed E-state index contributed by atoms with van der Waals surface area (Å²) >= 11 is 0. The second-order valence-electron chi connectivity index (χ2n) is 5.39. The molecule has 92 valence electrons. The Labute approximate surface area is 101 Å². The number of aryl methyl sites for hydroxylation is 2. The average molecular weight is 233 g/mol. The van der Waals surface area contributed by atoms with Crippen LogP contribution in [0.5, 0.6) is 0 Å². The molecule has 2 N–H and O–H groups in total. The van der Waals surface area contributed by atoms with Crippen LogP contribution in [0.15, 0.2) is 23.0 Å². The first kappa shape index (κ1) is 11.9. The molecule has 4 nitrogen and oxygen atoms in total. The fourth-order valence-corrected chi connectivity index (χ4v) is 2.19. The van der Waals surface area contributed by atoms with Gasteiger partial charge in [0.05, 0.1) is 11.0 Å². The van der Waals surface area contributed by atoms with Gasteiger partial charge in [0.2, 0.25) is 0 Å². The summed E-state index contributed by atoms with van der Waals surface area (Å²) in [5.41, 5.74) is 8.85. The van der Waals surface area contributed by atoms with Gasteiger partial charge in [-0.1, -0.05) is 6.07 Å². The van der Waals surface area contributed by atoms with Crippen LogP contribution >= 0.6 is 0 Å². The summed E-state index contributed by atoms with van der Waals surface area (Å²) in [5.74, 6) is 0. The summed E-state index contributed by atoms with van der Waals surface area (Å²) in [6, 6.07) is 6.07. The Kier molecular flexibility index (Phi) is 2.62. The third-order valence-electron chi connectivity index (χ3n) is 3.00. The SMILES string of the molecule is Cn1c(=O)n(C)c2cc(CC(C)(C)N)ccc21. The number of hydrogen-bond acceptors (Lipinski definition) is 2. The highest BCUT2D eigenvalue weighted by Crippen LogP contribution is 2.17. The van der Waals surface area contributed by atoms with E-state index in [-0.39, 0.29) is 11.2 Å². The lowest BCUT2D eigenvalue weighted by atomic mass is 9.96. The minimum Gasteiger partial charge on any atom is -0.325 e. The van der Waals surface area contributed by atoms with Crippen LogP contribution in [0.2, 0.25) is 0 Å². The normalized spacial score (nSPS) is 12.3. The zero-order chi connectivity index (χ0) is 12.8. The van der Waals surface area contributed by atoms with Crippen molar-refractivity contribution in [2.45, 2.75) is 25.8 Å². The van der Waals surface area contributed by atoms with Crippen LogP contribution in [0.4, 0.5) is 0 Å². The quantitative estimate of drug-likeness (QED) is 0.846. The molecule has 0 unspecified atom stereocenters. The molecule has 4 heteroatoms. The second-order valence-corrected chi connectivity index (χ2v) is 5.39. The van der Waals surface area contributed by atoms with Crippen molar-refractivity contribution < 1.29 is 0 Å². The molecule has 2 aromatic rings. The van der Waals surface area contributed by atoms with Crippen molar-refractivity contribution in [3.05, 3.63) is 34.2 Å². The highest BCUT2D eigenvalue weighted by Gasteiger charge is 2.13. The van der Waals surface area contributed by atoms with Crippen LogP contribution in [-0.2, 0) is 20.5 Å². The van der Waals surface area contributed by atoms with Gasteiger partial charge in [-0.2, -0.15) is 0 Å². The summed E-state index contributed by atoms with van der Waals surface area (Å²) in [7, 11) is 3.58. The first-order chi connectivity index (χ1) is 7.79. The van der Waals surface area contributed by atoms with Crippen LogP contribution < -0.4 is 11.4 Å². The maximum absolute atomic E-state index is 11.8. The third kappa shape index (κ3) is 2.13. The monoisotopic (exact) mass is 233 g/mol. The summed E-state index contributed by atoms with van der Waals surface area (Å²) in [4.78, 5) is 11.8. The van der Waals surface area contributed by atoms with Gasteiger partial charge in [0.25, 0.3) is 0 Å². The van der Waals surface area contributed by atoms with Gasteiger partial charge in [-0.25, -0.2) is 4.79 Å². The number of nitrogens with zero attached hydrogens (tertiary/aromatic N) is 2. The first-order valence-electron chi connectivity index (χ1n) is 5.73. The summed E-state index contributed by atoms with van der Waals surface area (Å²) in [6.07, 6.45) is 0.798. The van der Waals surface area contributed by atoms with Gasteiger partial charge in [-0.15, -0.1) is 0 Å². The Bertz CT molecular complexity index is 614. The number of hydrogen-bond donors (Lipinski definition) is 1. The number of nitrogens with two attached hydrogens (primary N) is 1. The van der Waals surface area contributed by atoms with Gasteiger partial charge in [0, 0.05) is 19.6 Å². The van der Waals surface area contributed by atoms with Crippen LogP contribution in [0.1, 0.15) is 19.4 Å². The number of benzene rings is 1. The van der Waals surface area contributed by atoms with Crippen molar-refractivity contribution in [3.63, 3.8) is 0 Å². The van der Waals surface area contributed by atoms with E-state index in [0.717, 1.165) is 23.0 Å². The largest absolute Gasteiger partial charge is 0.328 e. The Hall–Kier alpha value is -1.55. The van der Waals surface area contributed by atoms with Crippen LogP contribution in [-0.4, -0.2) is 14.7 Å². The minimum absolute atomic E-state index is 0.00385. The molecule has 0 saturated heterocycles. The number of rotatable bonds is 2. The minimum atomic E-state index is -0.235. The lowest BCUT2D eigenvalue weighted by Crippen LogP contribution is -2.34. The summed E-state index contributed by atoms with van der Waals surface area (Å²) in [6.45, 7) is 4.00. The topological polar surface area (TPSA) is 53.0 Å². The van der Waals surface area contributed by atoms with Gasteiger partial charge in [0.15, 0.2) is 0 Å². The smallest absolute Gasteiger partial charge is 0.325 e. The highest BCUT2D eigenvalue weighted by molar-refractivity contribution is 5.76. The van der Waals surface area contributed by atoms with Crippen molar-refractivity contribution >= 4 is 11.0 Å². The Morgan fingerprint density at radius 3 is 2.35 bits per heavy atom. The van der Waals surface area contributed by atoms with E-state index < -0.39 is 0 Å². The lowest BCUT2D eigenvalue weighted by Gasteiger charge is -2.18. The van der Waals surface area contributed by atoms with Crippen LogP contribution in [0.3, 0.4) is 0 Å². The van der Waals surface area contributed by atoms with Crippen molar-refractivity contribution in [1.82, 2.24) is 9.13 Å². The molecule has 0 bridgehead atoms. The van der Waals surface area contributed by atoms with Crippen molar-refractivity contribution in [2.75, 3.05) is 0 Å². The lowest BCUT2D eigenvalue weighted by molar-refractivity contribution is 0.517. The van der Waals surface area contributed by atoms with Gasteiger partial charge in [-0.3, -0.25) is 9.13 Å². The van der Waals surface area contributed by atoms with Crippen molar-refractivity contribution in [2.24, 2.45) is 19.8 Å². The molecule has 0 radical (unpaired) electrons. The van der Waals surface area contributed by atoms with E-state index in [1.165, 1.54) is 0 Å². The Balaban J connectivity index is 2.59. The molecule has 17 heavy (non-hydrogen) atoms. The molecule has 0 aliphatic heterocycles. The molecular weight excluding hydrogens is 214 g/mol. The molecule has 1 heterocycles. The standard InChI is InChI=1S/C13H19N3O/c1-13(2,14)8-9-5-6-10-11(7-9)16(4)12(17)15(10)3/h5-7H,8,14H2,1-4H3. The molecule has 0 saturated carbocycles. The molecule has 0 amide bonds. The van der Waals surface area contributed by atoms with Crippen molar-refractivity contribution in [1.29, 1.82) is 0 Å². The maximum Gasteiger partial charge on any atom is 0.328 e. The van der Waals surface area contributed by atoms with Crippen LogP contribution in [0, 0.1) is 0 Å². The number of aromatic nitrogens is 2. The van der Waals surface area contributed by atoms with E-state index in [0.29, 0.717) is 0 Å². The third-order valence-corrected chi connectivity index (χ3v) is 3.00. The average Bonchev–Trinajstić information content (AvgIpc) is 2.42. The van der Waals surface area contributed by atoms with Gasteiger partial charge >= 0.3 is 5.69 Å². The zero-order valence-corrected chi connectivity index (χ0v) is 10.8. The van der Waals surface area contributed by atoms with Crippen molar-refractivity contribution in [3.8, 4) is 0 Å². The zero-order valence-electron chi connectivity index (χ0n) is 10.8. The molecule has 0 aliphatic rings. The fourth-order valence-electron chi connectivity index (χ4n) is 2.19. The molecule has 0 aliphatic carbocycles. The molecule has 0 atom stereocenters. The molecular formula is C13H19N3O. The second kappa shape index (κ2) is 3.74. The first-order valence-corrected chi connectivity index (χ1v) is 5.73. The van der Waals surface area contributed by atoms with E-state index in [4.69, 9.17) is 5.73 Å². The van der Waals surface area contributed by atoms with E-state index in [1.54, 1.807) is 23.2 Å². The predicted molar refractivity (Wildman–Crippen MR) is 70.1 cm³/mol. The Morgan fingerprint density at radius 2 is 1.76 bits per heavy atom. The Morgan fingerprint density at radius 1 is 1.18 bits per heavy atom. The van der Waals surface area contributed by atoms with Crippen LogP contribution in [0.25, 0.3) is 11.0 Å². The van der Waals surface area contributed by atoms with Gasteiger partial charge in [-0.05, 0) is 38.0 Å². The highest BCUT2D eigenvalue weighted by atomic mass is 16.1. The van der Waals surface area contributed by atoms with E-state index >= 15 is 0 Å². The van der Waals surface area contributed by atoms with E-state index in [9.17, 15) is 4.79 Å². The summed E-state index contributed by atoms with van der Waals surface area (Å²) in [5, 5.41) is 0. The number of imidazole rings is 1. The van der Waals surface area contributed by atoms with E-state index in [1.807, 2.05) is 32.0 Å².